The van der Waals surface area contributed by atoms with Gasteiger partial charge in [-0.15, -0.1) is 0 Å². The van der Waals surface area contributed by atoms with E-state index in [9.17, 15) is 19.0 Å². The van der Waals surface area contributed by atoms with Gasteiger partial charge in [0.05, 0.1) is 21.1 Å². The molecule has 0 aromatic carbocycles. The first-order chi connectivity index (χ1) is 23.5. The maximum Gasteiger partial charge on any atom is 0.472 e. The molecule has 1 N–H and O–H groups in total. The summed E-state index contributed by atoms with van der Waals surface area (Å²) in [7, 11) is 1.46. The van der Waals surface area contributed by atoms with Gasteiger partial charge in [0.1, 0.15) is 31.6 Å². The van der Waals surface area contributed by atoms with Gasteiger partial charge >= 0.3 is 13.8 Å². The molecule has 0 aliphatic heterocycles. The van der Waals surface area contributed by atoms with Crippen molar-refractivity contribution in [1.29, 1.82) is 0 Å². The number of Topliss-reactive ketones (excluding diaryl/α,β-unsaturated/α-hetero) is 1. The second kappa shape index (κ2) is 33.1. The van der Waals surface area contributed by atoms with Crippen molar-refractivity contribution in [1.82, 2.24) is 0 Å². The largest absolute Gasteiger partial charge is 0.472 e. The second-order valence-electron chi connectivity index (χ2n) is 15.5. The maximum absolute atomic E-state index is 12.8. The molecule has 9 heteroatoms. The Labute approximate surface area is 303 Å². The highest BCUT2D eigenvalue weighted by atomic mass is 31.2. The molecule has 0 aliphatic rings. The van der Waals surface area contributed by atoms with Gasteiger partial charge in [-0.1, -0.05) is 168 Å². The molecule has 1 unspecified atom stereocenters. The molecule has 0 aromatic rings. The van der Waals surface area contributed by atoms with E-state index < -0.39 is 13.9 Å². The minimum absolute atomic E-state index is 0.0374. The van der Waals surface area contributed by atoms with Gasteiger partial charge in [0.2, 0.25) is 0 Å². The highest BCUT2D eigenvalue weighted by Crippen LogP contribution is 2.45. The average Bonchev–Trinajstić information content (AvgIpc) is 3.03. The van der Waals surface area contributed by atoms with Crippen molar-refractivity contribution in [2.24, 2.45) is 0 Å². The highest BCUT2D eigenvalue weighted by molar-refractivity contribution is 7.47. The van der Waals surface area contributed by atoms with Gasteiger partial charge in [-0.3, -0.25) is 18.6 Å². The minimum atomic E-state index is -4.42. The lowest BCUT2D eigenvalue weighted by Gasteiger charge is -2.25. The van der Waals surface area contributed by atoms with Crippen LogP contribution in [-0.4, -0.2) is 68.1 Å². The summed E-state index contributed by atoms with van der Waals surface area (Å²) in [6.07, 6.45) is 31.7. The minimum Gasteiger partial charge on any atom is -0.463 e. The van der Waals surface area contributed by atoms with Crippen molar-refractivity contribution < 1.29 is 37.3 Å². The topological polar surface area (TPSA) is 99.1 Å². The zero-order valence-electron chi connectivity index (χ0n) is 33.0. The number of ether oxygens (including phenoxy) is 1. The summed E-state index contributed by atoms with van der Waals surface area (Å²) in [4.78, 5) is 35.6. The highest BCUT2D eigenvalue weighted by Gasteiger charge is 2.30. The molecule has 0 fully saturated rings. The Hall–Kier alpha value is -0.790. The molecule has 8 nitrogen and oxygen atoms in total. The van der Waals surface area contributed by atoms with Crippen LogP contribution in [0.25, 0.3) is 0 Å². The summed E-state index contributed by atoms with van der Waals surface area (Å²) in [5, 5.41) is 0. The number of unbranched alkanes of at least 4 members (excludes halogenated alkanes) is 24. The van der Waals surface area contributed by atoms with Crippen molar-refractivity contribution in [3.8, 4) is 0 Å². The van der Waals surface area contributed by atoms with E-state index in [0.717, 1.165) is 38.5 Å². The van der Waals surface area contributed by atoms with E-state index in [0.29, 0.717) is 23.9 Å². The molecule has 2 atom stereocenters. The van der Waals surface area contributed by atoms with Crippen LogP contribution in [0.15, 0.2) is 0 Å². The number of nitrogens with zero attached hydrogens (tertiary/aromatic N) is 1. The fraction of sp³-hybridized carbons (Fsp3) is 0.950. The number of phosphoric acid groups is 1. The van der Waals surface area contributed by atoms with Gasteiger partial charge in [-0.25, -0.2) is 4.57 Å². The van der Waals surface area contributed by atoms with E-state index in [2.05, 4.69) is 13.8 Å². The van der Waals surface area contributed by atoms with Gasteiger partial charge < -0.3 is 14.1 Å². The summed E-state index contributed by atoms with van der Waals surface area (Å²) in [5.41, 5.74) is 0. The molecule has 0 rings (SSSR count). The molecule has 0 aromatic heterocycles. The van der Waals surface area contributed by atoms with E-state index in [1.807, 2.05) is 21.1 Å². The predicted octanol–water partition coefficient (Wildman–Crippen LogP) is 11.7. The van der Waals surface area contributed by atoms with Crippen molar-refractivity contribution in [3.63, 3.8) is 0 Å². The molecule has 0 saturated carbocycles. The average molecular weight is 719 g/mol. The van der Waals surface area contributed by atoms with Crippen LogP contribution in [0.2, 0.25) is 0 Å². The number of carbonyl (C=O) groups is 2. The Morgan fingerprint density at radius 1 is 0.592 bits per heavy atom. The van der Waals surface area contributed by atoms with Crippen LogP contribution >= 0.6 is 7.82 Å². The van der Waals surface area contributed by atoms with Crippen molar-refractivity contribution in [2.45, 2.75) is 206 Å². The first kappa shape index (κ1) is 48.2. The Morgan fingerprint density at radius 3 is 1.35 bits per heavy atom. The van der Waals surface area contributed by atoms with E-state index in [4.69, 9.17) is 13.8 Å². The predicted molar refractivity (Wildman–Crippen MR) is 205 cm³/mol. The van der Waals surface area contributed by atoms with E-state index in [-0.39, 0.29) is 31.4 Å². The summed E-state index contributed by atoms with van der Waals surface area (Å²) >= 11 is 0. The van der Waals surface area contributed by atoms with Gasteiger partial charge in [-0.2, -0.15) is 0 Å². The number of phosphoric ester groups is 1. The Morgan fingerprint density at radius 2 is 0.959 bits per heavy atom. The molecule has 0 heterocycles. The van der Waals surface area contributed by atoms with Crippen molar-refractivity contribution >= 4 is 19.6 Å². The van der Waals surface area contributed by atoms with E-state index in [1.165, 1.54) is 128 Å². The molecule has 0 aliphatic carbocycles. The van der Waals surface area contributed by atoms with Gasteiger partial charge in [-0.05, 0) is 12.8 Å². The maximum atomic E-state index is 12.8. The fourth-order valence-corrected chi connectivity index (χ4v) is 6.90. The molecular formula is C40H81NO7P+. The van der Waals surface area contributed by atoms with Gasteiger partial charge in [0.15, 0.2) is 0 Å². The number of quaternary nitrogens is 1. The zero-order valence-corrected chi connectivity index (χ0v) is 33.9. The first-order valence-electron chi connectivity index (χ1n) is 20.6. The Balaban J connectivity index is 4.35. The van der Waals surface area contributed by atoms with E-state index >= 15 is 0 Å². The number of ketones is 1. The number of carbonyl (C=O) groups excluding carboxylic acids is 2. The monoisotopic (exact) mass is 719 g/mol. The number of hydrogen-bond donors (Lipinski definition) is 1. The van der Waals surface area contributed by atoms with Gasteiger partial charge in [0.25, 0.3) is 0 Å². The lowest BCUT2D eigenvalue weighted by atomic mass is 10.0. The Kier molecular flexibility index (Phi) is 32.5. The number of rotatable bonds is 38. The molecule has 0 bridgehead atoms. The third kappa shape index (κ3) is 36.8. The fourth-order valence-electron chi connectivity index (χ4n) is 6.02. The number of hydrogen-bond acceptors (Lipinski definition) is 6. The van der Waals surface area contributed by atoms with Gasteiger partial charge in [0, 0.05) is 19.3 Å². The third-order valence-electron chi connectivity index (χ3n) is 9.23. The standard InChI is InChI=1S/C40H80NO7P/c1-6-8-10-12-14-16-18-20-22-24-26-28-30-32-38(42)36-39(48-49(44,45)47-35-34-41(3,4)5)37-46-40(43)33-31-29-27-25-23-21-19-17-15-13-11-9-7-2/h39H,6-37H2,1-5H3/p+1/t39-/m0/s1. The Bertz CT molecular complexity index is 817. The quantitative estimate of drug-likeness (QED) is 0.0293. The molecule has 292 valence electrons. The summed E-state index contributed by atoms with van der Waals surface area (Å²) in [6.45, 7) is 4.83. The molecule has 49 heavy (non-hydrogen) atoms. The van der Waals surface area contributed by atoms with Crippen LogP contribution in [0.3, 0.4) is 0 Å². The lowest BCUT2D eigenvalue weighted by molar-refractivity contribution is -0.870. The summed E-state index contributed by atoms with van der Waals surface area (Å²) < 4.78 is 29.3. The molecule has 0 amide bonds. The third-order valence-corrected chi connectivity index (χ3v) is 10.3. The molecule has 0 spiro atoms. The van der Waals surface area contributed by atoms with Crippen LogP contribution < -0.4 is 0 Å². The smallest absolute Gasteiger partial charge is 0.463 e. The first-order valence-corrected chi connectivity index (χ1v) is 22.1. The zero-order chi connectivity index (χ0) is 36.5. The lowest BCUT2D eigenvalue weighted by Crippen LogP contribution is -2.37. The second-order valence-corrected chi connectivity index (χ2v) is 16.9. The van der Waals surface area contributed by atoms with Crippen LogP contribution in [0.5, 0.6) is 0 Å². The SMILES string of the molecule is CCCCCCCCCCCCCCCC(=O)C[C@@H](COC(=O)CCCCCCCCCCCCCCC)OP(=O)(O)OCC[N+](C)(C)C. The summed E-state index contributed by atoms with van der Waals surface area (Å²) in [5.74, 6) is -0.411. The van der Waals surface area contributed by atoms with Crippen LogP contribution in [0, 0.1) is 0 Å². The normalized spacial score (nSPS) is 13.8. The number of esters is 1. The summed E-state index contributed by atoms with van der Waals surface area (Å²) in [6, 6.07) is 0. The van der Waals surface area contributed by atoms with Crippen molar-refractivity contribution in [3.05, 3.63) is 0 Å². The van der Waals surface area contributed by atoms with E-state index in [1.54, 1.807) is 0 Å². The molecular weight excluding hydrogens is 637 g/mol. The number of likely N-dealkylation sites (N-methyl/N-ethyl adjacent to an activating group) is 1. The molecule has 0 saturated heterocycles. The van der Waals surface area contributed by atoms with Crippen LogP contribution in [0.1, 0.15) is 200 Å². The van der Waals surface area contributed by atoms with Crippen LogP contribution in [-0.2, 0) is 27.9 Å². The van der Waals surface area contributed by atoms with Crippen molar-refractivity contribution in [2.75, 3.05) is 40.9 Å². The molecule has 0 radical (unpaired) electrons. The van der Waals surface area contributed by atoms with Crippen LogP contribution in [0.4, 0.5) is 0 Å².